The van der Waals surface area contributed by atoms with Gasteiger partial charge in [0.15, 0.2) is 0 Å². The monoisotopic (exact) mass is 408 g/mol. The molecule has 0 spiro atoms. The van der Waals surface area contributed by atoms with Gasteiger partial charge >= 0.3 is 0 Å². The van der Waals surface area contributed by atoms with Crippen LogP contribution in [-0.2, 0) is 24.3 Å². The maximum atomic E-state index is 13.0. The number of nitrogens with zero attached hydrogens (tertiary/aromatic N) is 2. The van der Waals surface area contributed by atoms with E-state index in [1.165, 1.54) is 16.7 Å². The number of ether oxygens (including phenoxy) is 2. The minimum absolute atomic E-state index is 0.113. The summed E-state index contributed by atoms with van der Waals surface area (Å²) >= 11 is 0. The van der Waals surface area contributed by atoms with Crippen molar-refractivity contribution in [3.05, 3.63) is 59.2 Å². The molecule has 0 bridgehead atoms. The Labute approximate surface area is 179 Å². The molecule has 2 heterocycles. The summed E-state index contributed by atoms with van der Waals surface area (Å²) < 4.78 is 11.3. The minimum Gasteiger partial charge on any atom is -0.496 e. The Hall–Kier alpha value is -2.53. The van der Waals surface area contributed by atoms with Crippen LogP contribution in [0.3, 0.4) is 0 Å². The molecular formula is C25H32N2O3. The van der Waals surface area contributed by atoms with Crippen LogP contribution in [-0.4, -0.2) is 49.1 Å². The van der Waals surface area contributed by atoms with Crippen molar-refractivity contribution in [1.82, 2.24) is 9.80 Å². The molecule has 0 radical (unpaired) electrons. The summed E-state index contributed by atoms with van der Waals surface area (Å²) in [4.78, 5) is 17.3. The fourth-order valence-corrected chi connectivity index (χ4v) is 4.65. The second-order valence-electron chi connectivity index (χ2n) is 8.63. The van der Waals surface area contributed by atoms with E-state index < -0.39 is 0 Å². The number of carbonyl (C=O) groups excluding carboxylic acids is 1. The van der Waals surface area contributed by atoms with E-state index in [1.54, 1.807) is 7.11 Å². The van der Waals surface area contributed by atoms with Crippen LogP contribution in [0.1, 0.15) is 36.5 Å². The van der Waals surface area contributed by atoms with Gasteiger partial charge in [0.1, 0.15) is 17.6 Å². The maximum Gasteiger partial charge on any atom is 0.225 e. The highest BCUT2D eigenvalue weighted by Gasteiger charge is 2.28. The number of carbonyl (C=O) groups is 1. The van der Waals surface area contributed by atoms with E-state index in [-0.39, 0.29) is 17.9 Å². The highest BCUT2D eigenvalue weighted by molar-refractivity contribution is 5.78. The third-order valence-electron chi connectivity index (χ3n) is 6.28. The Kier molecular flexibility index (Phi) is 6.28. The molecule has 2 aliphatic rings. The molecule has 0 aliphatic carbocycles. The standard InChI is InChI=1S/C25H32N2O3/c1-18-14-22-15-19(8-9-24(22)30-18)16-26(2)25(28)20-10-12-27(13-11-20)17-21-6-4-5-7-23(21)29-3/h4-9,15,18,20H,10-14,16-17H2,1-3H3. The molecule has 2 aromatic rings. The summed E-state index contributed by atoms with van der Waals surface area (Å²) in [5.74, 6) is 2.30. The molecule has 5 heteroatoms. The Bertz CT molecular complexity index is 890. The average Bonchev–Trinajstić information content (AvgIpc) is 3.13. The number of para-hydroxylation sites is 1. The van der Waals surface area contributed by atoms with Crippen LogP contribution < -0.4 is 9.47 Å². The molecule has 30 heavy (non-hydrogen) atoms. The average molecular weight is 409 g/mol. The zero-order valence-electron chi connectivity index (χ0n) is 18.3. The fraction of sp³-hybridized carbons (Fsp3) is 0.480. The van der Waals surface area contributed by atoms with Gasteiger partial charge in [0.25, 0.3) is 0 Å². The first-order chi connectivity index (χ1) is 14.5. The van der Waals surface area contributed by atoms with Gasteiger partial charge in [-0.1, -0.05) is 30.3 Å². The Morgan fingerprint density at radius 2 is 1.97 bits per heavy atom. The quantitative estimate of drug-likeness (QED) is 0.727. The molecule has 2 aromatic carbocycles. The zero-order chi connectivity index (χ0) is 21.1. The van der Waals surface area contributed by atoms with Crippen LogP contribution >= 0.6 is 0 Å². The third-order valence-corrected chi connectivity index (χ3v) is 6.28. The fourth-order valence-electron chi connectivity index (χ4n) is 4.65. The van der Waals surface area contributed by atoms with Crippen molar-refractivity contribution in [3.63, 3.8) is 0 Å². The first-order valence-corrected chi connectivity index (χ1v) is 10.9. The first-order valence-electron chi connectivity index (χ1n) is 10.9. The lowest BCUT2D eigenvalue weighted by molar-refractivity contribution is -0.136. The van der Waals surface area contributed by atoms with Crippen molar-refractivity contribution in [2.24, 2.45) is 5.92 Å². The number of hydrogen-bond acceptors (Lipinski definition) is 4. The van der Waals surface area contributed by atoms with Crippen molar-refractivity contribution in [2.45, 2.75) is 45.4 Å². The molecule has 1 unspecified atom stereocenters. The van der Waals surface area contributed by atoms with Gasteiger partial charge in [-0.05, 0) is 56.1 Å². The van der Waals surface area contributed by atoms with Gasteiger partial charge in [-0.3, -0.25) is 9.69 Å². The van der Waals surface area contributed by atoms with E-state index in [2.05, 4.69) is 36.1 Å². The van der Waals surface area contributed by atoms with Crippen LogP contribution in [0.2, 0.25) is 0 Å². The van der Waals surface area contributed by atoms with Crippen LogP contribution in [0.5, 0.6) is 11.5 Å². The van der Waals surface area contributed by atoms with Gasteiger partial charge in [-0.2, -0.15) is 0 Å². The Morgan fingerprint density at radius 1 is 1.20 bits per heavy atom. The summed E-state index contributed by atoms with van der Waals surface area (Å²) in [5.41, 5.74) is 3.64. The van der Waals surface area contributed by atoms with Crippen molar-refractivity contribution in [3.8, 4) is 11.5 Å². The summed E-state index contributed by atoms with van der Waals surface area (Å²) in [6, 6.07) is 14.5. The minimum atomic E-state index is 0.113. The molecule has 4 rings (SSSR count). The zero-order valence-corrected chi connectivity index (χ0v) is 18.3. The smallest absolute Gasteiger partial charge is 0.225 e. The lowest BCUT2D eigenvalue weighted by Crippen LogP contribution is -2.40. The van der Waals surface area contributed by atoms with Gasteiger partial charge in [-0.25, -0.2) is 0 Å². The summed E-state index contributed by atoms with van der Waals surface area (Å²) in [7, 11) is 3.64. The number of rotatable bonds is 6. The first kappa shape index (κ1) is 20.7. The predicted molar refractivity (Wildman–Crippen MR) is 118 cm³/mol. The van der Waals surface area contributed by atoms with Crippen LogP contribution in [0, 0.1) is 5.92 Å². The largest absolute Gasteiger partial charge is 0.496 e. The molecule has 1 amide bonds. The molecule has 0 aromatic heterocycles. The number of amides is 1. The highest BCUT2D eigenvalue weighted by Crippen LogP contribution is 2.30. The molecule has 0 saturated carbocycles. The molecule has 1 atom stereocenters. The topological polar surface area (TPSA) is 42.0 Å². The lowest BCUT2D eigenvalue weighted by Gasteiger charge is -2.33. The van der Waals surface area contributed by atoms with Crippen LogP contribution in [0.15, 0.2) is 42.5 Å². The van der Waals surface area contributed by atoms with Gasteiger partial charge in [-0.15, -0.1) is 0 Å². The Morgan fingerprint density at radius 3 is 2.73 bits per heavy atom. The molecule has 1 saturated heterocycles. The molecule has 1 fully saturated rings. The summed E-state index contributed by atoms with van der Waals surface area (Å²) in [5, 5.41) is 0. The van der Waals surface area contributed by atoms with E-state index in [1.807, 2.05) is 30.1 Å². The number of likely N-dealkylation sites (tertiary alicyclic amines) is 1. The van der Waals surface area contributed by atoms with Crippen molar-refractivity contribution >= 4 is 5.91 Å². The number of hydrogen-bond donors (Lipinski definition) is 0. The van der Waals surface area contributed by atoms with E-state index in [0.29, 0.717) is 6.54 Å². The number of benzene rings is 2. The number of methoxy groups -OCH3 is 1. The SMILES string of the molecule is COc1ccccc1CN1CCC(C(=O)N(C)Cc2ccc3c(c2)CC(C)O3)CC1. The molecule has 5 nitrogen and oxygen atoms in total. The second kappa shape index (κ2) is 9.09. The van der Waals surface area contributed by atoms with Gasteiger partial charge in [0.05, 0.1) is 7.11 Å². The highest BCUT2D eigenvalue weighted by atomic mass is 16.5. The number of fused-ring (bicyclic) bond motifs is 1. The molecule has 2 aliphatic heterocycles. The van der Waals surface area contributed by atoms with E-state index in [0.717, 1.165) is 50.4 Å². The van der Waals surface area contributed by atoms with Gasteiger partial charge in [0, 0.05) is 38.0 Å². The lowest BCUT2D eigenvalue weighted by atomic mass is 9.94. The van der Waals surface area contributed by atoms with E-state index >= 15 is 0 Å². The van der Waals surface area contributed by atoms with E-state index in [4.69, 9.17) is 9.47 Å². The van der Waals surface area contributed by atoms with Crippen molar-refractivity contribution in [2.75, 3.05) is 27.2 Å². The van der Waals surface area contributed by atoms with Gasteiger partial charge in [0.2, 0.25) is 5.91 Å². The number of piperidine rings is 1. The van der Waals surface area contributed by atoms with Gasteiger partial charge < -0.3 is 14.4 Å². The molecular weight excluding hydrogens is 376 g/mol. The second-order valence-corrected chi connectivity index (χ2v) is 8.63. The predicted octanol–water partition coefficient (Wildman–Crippen LogP) is 3.89. The maximum absolute atomic E-state index is 13.0. The van der Waals surface area contributed by atoms with Crippen molar-refractivity contribution in [1.29, 1.82) is 0 Å². The molecule has 160 valence electrons. The van der Waals surface area contributed by atoms with Crippen LogP contribution in [0.4, 0.5) is 0 Å². The summed E-state index contributed by atoms with van der Waals surface area (Å²) in [6.45, 7) is 5.50. The van der Waals surface area contributed by atoms with E-state index in [9.17, 15) is 4.79 Å². The van der Waals surface area contributed by atoms with Crippen molar-refractivity contribution < 1.29 is 14.3 Å². The normalized spacial score (nSPS) is 19.2. The summed E-state index contributed by atoms with van der Waals surface area (Å²) in [6.07, 6.45) is 3.02. The molecule has 0 N–H and O–H groups in total. The Balaban J connectivity index is 1.29. The third kappa shape index (κ3) is 4.62. The van der Waals surface area contributed by atoms with Crippen LogP contribution in [0.25, 0.3) is 0 Å².